The Kier molecular flexibility index (Phi) is 7.34. The summed E-state index contributed by atoms with van der Waals surface area (Å²) in [6, 6.07) is 15.1. The molecule has 0 saturated heterocycles. The lowest BCUT2D eigenvalue weighted by atomic mass is 10.1. The Morgan fingerprint density at radius 1 is 1.15 bits per heavy atom. The number of carbonyl (C=O) groups excluding carboxylic acids is 2. The van der Waals surface area contributed by atoms with Gasteiger partial charge in [0.2, 0.25) is 5.91 Å². The van der Waals surface area contributed by atoms with Gasteiger partial charge >= 0.3 is 5.97 Å². The molecule has 0 saturated carbocycles. The molecule has 0 aliphatic heterocycles. The number of nitro groups is 1. The summed E-state index contributed by atoms with van der Waals surface area (Å²) < 4.78 is 7.02. The van der Waals surface area contributed by atoms with Gasteiger partial charge in [-0.25, -0.2) is 10.2 Å². The van der Waals surface area contributed by atoms with E-state index in [-0.39, 0.29) is 18.1 Å². The zero-order chi connectivity index (χ0) is 24.0. The van der Waals surface area contributed by atoms with E-state index in [4.69, 9.17) is 4.74 Å². The van der Waals surface area contributed by atoms with E-state index in [9.17, 15) is 19.7 Å². The Morgan fingerprint density at radius 3 is 2.52 bits per heavy atom. The smallest absolute Gasteiger partial charge is 0.338 e. The summed E-state index contributed by atoms with van der Waals surface area (Å²) in [7, 11) is 0. The molecule has 0 fully saturated rings. The van der Waals surface area contributed by atoms with Crippen molar-refractivity contribution in [3.8, 4) is 5.69 Å². The molecule has 3 aromatic rings. The molecule has 0 spiro atoms. The molecule has 0 aliphatic carbocycles. The van der Waals surface area contributed by atoms with Crippen LogP contribution < -0.4 is 5.43 Å². The second-order valence-corrected chi connectivity index (χ2v) is 7.29. The van der Waals surface area contributed by atoms with E-state index >= 15 is 0 Å². The summed E-state index contributed by atoms with van der Waals surface area (Å²) in [5.74, 6) is -0.821. The first kappa shape index (κ1) is 23.4. The summed E-state index contributed by atoms with van der Waals surface area (Å²) in [4.78, 5) is 34.6. The standard InChI is InChI=1S/C24H24N4O5/c1-4-33-24(30)18-9-11-21(12-10-18)27-16(2)13-20(17(27)3)15-25-26-23(29)14-19-7-5-6-8-22(19)28(31)32/h5-13,15H,4,14H2,1-3H3,(H,26,29). The van der Waals surface area contributed by atoms with E-state index in [1.54, 1.807) is 37.3 Å². The van der Waals surface area contributed by atoms with Crippen LogP contribution in [0.5, 0.6) is 0 Å². The fourth-order valence-electron chi connectivity index (χ4n) is 3.50. The van der Waals surface area contributed by atoms with Crippen molar-refractivity contribution in [2.24, 2.45) is 5.10 Å². The minimum Gasteiger partial charge on any atom is -0.462 e. The lowest BCUT2D eigenvalue weighted by molar-refractivity contribution is -0.385. The van der Waals surface area contributed by atoms with Crippen molar-refractivity contribution >= 4 is 23.8 Å². The molecule has 0 bridgehead atoms. The number of hydrogen-bond acceptors (Lipinski definition) is 6. The highest BCUT2D eigenvalue weighted by molar-refractivity contribution is 5.89. The number of nitro benzene ring substituents is 1. The van der Waals surface area contributed by atoms with E-state index < -0.39 is 10.8 Å². The highest BCUT2D eigenvalue weighted by Gasteiger charge is 2.15. The second kappa shape index (κ2) is 10.4. The van der Waals surface area contributed by atoms with Crippen LogP contribution in [0, 0.1) is 24.0 Å². The molecule has 0 aliphatic rings. The third kappa shape index (κ3) is 5.51. The number of benzene rings is 2. The predicted octanol–water partition coefficient (Wildman–Crippen LogP) is 3.87. The van der Waals surface area contributed by atoms with Gasteiger partial charge in [0, 0.05) is 34.3 Å². The van der Waals surface area contributed by atoms with Gasteiger partial charge in [-0.3, -0.25) is 14.9 Å². The maximum Gasteiger partial charge on any atom is 0.338 e. The van der Waals surface area contributed by atoms with Crippen LogP contribution in [-0.4, -0.2) is 34.2 Å². The number of esters is 1. The predicted molar refractivity (Wildman–Crippen MR) is 124 cm³/mol. The minimum absolute atomic E-state index is 0.103. The number of nitrogens with zero attached hydrogens (tertiary/aromatic N) is 3. The molecule has 0 atom stereocenters. The first-order valence-electron chi connectivity index (χ1n) is 10.3. The van der Waals surface area contributed by atoms with Crippen molar-refractivity contribution in [2.45, 2.75) is 27.2 Å². The third-order valence-electron chi connectivity index (χ3n) is 5.04. The molecular formula is C24H24N4O5. The highest BCUT2D eigenvalue weighted by atomic mass is 16.6. The first-order valence-corrected chi connectivity index (χ1v) is 10.3. The van der Waals surface area contributed by atoms with E-state index in [1.807, 2.05) is 36.6 Å². The van der Waals surface area contributed by atoms with Crippen LogP contribution in [0.4, 0.5) is 5.69 Å². The van der Waals surface area contributed by atoms with Crippen LogP contribution in [0.15, 0.2) is 59.7 Å². The average molecular weight is 448 g/mol. The van der Waals surface area contributed by atoms with Gasteiger partial charge in [-0.15, -0.1) is 0 Å². The normalized spacial score (nSPS) is 10.9. The van der Waals surface area contributed by atoms with Crippen LogP contribution in [0.25, 0.3) is 5.69 Å². The molecule has 1 aromatic heterocycles. The van der Waals surface area contributed by atoms with Gasteiger partial charge in [0.25, 0.3) is 5.69 Å². The van der Waals surface area contributed by atoms with Crippen molar-refractivity contribution in [1.82, 2.24) is 9.99 Å². The fourth-order valence-corrected chi connectivity index (χ4v) is 3.50. The van der Waals surface area contributed by atoms with E-state index in [1.165, 1.54) is 12.3 Å². The number of carbonyl (C=O) groups is 2. The number of hydrazone groups is 1. The molecule has 0 radical (unpaired) electrons. The Morgan fingerprint density at radius 2 is 1.85 bits per heavy atom. The van der Waals surface area contributed by atoms with Gasteiger partial charge in [0.05, 0.1) is 29.7 Å². The number of aromatic nitrogens is 1. The molecule has 1 N–H and O–H groups in total. The second-order valence-electron chi connectivity index (χ2n) is 7.29. The summed E-state index contributed by atoms with van der Waals surface area (Å²) >= 11 is 0. The van der Waals surface area contributed by atoms with Crippen LogP contribution in [0.1, 0.15) is 39.8 Å². The van der Waals surface area contributed by atoms with Gasteiger partial charge in [-0.2, -0.15) is 5.10 Å². The van der Waals surface area contributed by atoms with Crippen molar-refractivity contribution in [3.63, 3.8) is 0 Å². The van der Waals surface area contributed by atoms with Crippen molar-refractivity contribution in [2.75, 3.05) is 6.61 Å². The Balaban J connectivity index is 1.71. The Hall–Kier alpha value is -4.27. The zero-order valence-electron chi connectivity index (χ0n) is 18.6. The summed E-state index contributed by atoms with van der Waals surface area (Å²) in [5.41, 5.74) is 6.63. The molecule has 3 rings (SSSR count). The summed E-state index contributed by atoms with van der Waals surface area (Å²) in [5, 5.41) is 15.1. The Bertz CT molecular complexity index is 1210. The maximum atomic E-state index is 12.2. The number of hydrogen-bond donors (Lipinski definition) is 1. The minimum atomic E-state index is -0.514. The van der Waals surface area contributed by atoms with Crippen molar-refractivity contribution in [1.29, 1.82) is 0 Å². The number of ether oxygens (including phenoxy) is 1. The van der Waals surface area contributed by atoms with E-state index in [2.05, 4.69) is 10.5 Å². The number of nitrogens with one attached hydrogen (secondary N) is 1. The van der Waals surface area contributed by atoms with Crippen LogP contribution in [0.2, 0.25) is 0 Å². The third-order valence-corrected chi connectivity index (χ3v) is 5.04. The Labute approximate surface area is 190 Å². The maximum absolute atomic E-state index is 12.2. The lowest BCUT2D eigenvalue weighted by Crippen LogP contribution is -2.20. The van der Waals surface area contributed by atoms with Crippen LogP contribution in [0.3, 0.4) is 0 Å². The van der Waals surface area contributed by atoms with Gasteiger partial charge in [-0.05, 0) is 51.1 Å². The van der Waals surface area contributed by atoms with Crippen molar-refractivity contribution < 1.29 is 19.2 Å². The fraction of sp³-hybridized carbons (Fsp3) is 0.208. The van der Waals surface area contributed by atoms with E-state index in [0.29, 0.717) is 17.7 Å². The quantitative estimate of drug-likeness (QED) is 0.243. The molecule has 9 nitrogen and oxygen atoms in total. The average Bonchev–Trinajstić information content (AvgIpc) is 3.07. The van der Waals surface area contributed by atoms with Crippen molar-refractivity contribution in [3.05, 3.63) is 92.8 Å². The highest BCUT2D eigenvalue weighted by Crippen LogP contribution is 2.21. The van der Waals surface area contributed by atoms with Gasteiger partial charge in [-0.1, -0.05) is 18.2 Å². The van der Waals surface area contributed by atoms with Gasteiger partial charge < -0.3 is 9.30 Å². The van der Waals surface area contributed by atoms with E-state index in [0.717, 1.165) is 22.6 Å². The van der Waals surface area contributed by atoms with Gasteiger partial charge in [0.15, 0.2) is 0 Å². The molecule has 2 aromatic carbocycles. The first-order chi connectivity index (χ1) is 15.8. The molecule has 0 unspecified atom stereocenters. The molecule has 1 heterocycles. The lowest BCUT2D eigenvalue weighted by Gasteiger charge is -2.10. The molecule has 9 heteroatoms. The van der Waals surface area contributed by atoms with Gasteiger partial charge in [0.1, 0.15) is 0 Å². The number of amides is 1. The SMILES string of the molecule is CCOC(=O)c1ccc(-n2c(C)cc(C=NNC(=O)Cc3ccccc3[N+](=O)[O-])c2C)cc1. The molecule has 33 heavy (non-hydrogen) atoms. The zero-order valence-corrected chi connectivity index (χ0v) is 18.6. The number of rotatable bonds is 8. The van der Waals surface area contributed by atoms with Crippen LogP contribution >= 0.6 is 0 Å². The monoisotopic (exact) mass is 448 g/mol. The number of para-hydroxylation sites is 1. The molecular weight excluding hydrogens is 424 g/mol. The molecule has 170 valence electrons. The molecule has 1 amide bonds. The van der Waals surface area contributed by atoms with Crippen LogP contribution in [-0.2, 0) is 16.0 Å². The summed E-state index contributed by atoms with van der Waals surface area (Å²) in [6.45, 7) is 5.94. The summed E-state index contributed by atoms with van der Waals surface area (Å²) in [6.07, 6.45) is 1.38. The topological polar surface area (TPSA) is 116 Å². The largest absolute Gasteiger partial charge is 0.462 e. The number of aryl methyl sites for hydroxylation is 1.